The molecule has 0 bridgehead atoms. The van der Waals surface area contributed by atoms with E-state index in [2.05, 4.69) is 32.0 Å². The van der Waals surface area contributed by atoms with Crippen molar-refractivity contribution in [3.05, 3.63) is 115 Å². The number of thioether (sulfide) groups is 1. The van der Waals surface area contributed by atoms with Crippen LogP contribution in [0.5, 0.6) is 0 Å². The van der Waals surface area contributed by atoms with E-state index < -0.39 is 5.92 Å². The van der Waals surface area contributed by atoms with Gasteiger partial charge in [0.2, 0.25) is 0 Å². The number of hydrogen-bond acceptors (Lipinski definition) is 5. The van der Waals surface area contributed by atoms with E-state index in [0.717, 1.165) is 50.7 Å². The Balaban J connectivity index is 1.65. The quantitative estimate of drug-likeness (QED) is 0.310. The summed E-state index contributed by atoms with van der Waals surface area (Å²) in [5, 5.41) is 11.8. The van der Waals surface area contributed by atoms with Gasteiger partial charge in [-0.15, -0.1) is 11.8 Å². The number of carbonyl (C=O) groups excluding carboxylic acids is 1. The van der Waals surface area contributed by atoms with E-state index >= 15 is 0 Å². The number of halogens is 2. The van der Waals surface area contributed by atoms with E-state index in [0.29, 0.717) is 39.9 Å². The highest BCUT2D eigenvalue weighted by Crippen LogP contribution is 2.48. The summed E-state index contributed by atoms with van der Waals surface area (Å²) >= 11 is 14.3. The number of nitrogens with zero attached hydrogens (tertiary/aromatic N) is 2. The highest BCUT2D eigenvalue weighted by atomic mass is 35.5. The number of allylic oxidation sites excluding steroid dienone is 3. The molecule has 0 saturated carbocycles. The molecule has 1 atom stereocenters. The second kappa shape index (κ2) is 11.1. The minimum Gasteiger partial charge on any atom is -0.384 e. The van der Waals surface area contributed by atoms with E-state index in [1.165, 1.54) is 5.56 Å². The van der Waals surface area contributed by atoms with E-state index in [1.54, 1.807) is 11.8 Å². The third-order valence-electron chi connectivity index (χ3n) is 7.61. The maximum atomic E-state index is 13.6. The fraction of sp³-hybridized carbons (Fsp3) is 0.250. The van der Waals surface area contributed by atoms with Crippen molar-refractivity contribution < 1.29 is 4.79 Å². The number of aryl methyl sites for hydroxylation is 1. The van der Waals surface area contributed by atoms with Gasteiger partial charge < -0.3 is 5.73 Å². The van der Waals surface area contributed by atoms with Gasteiger partial charge in [0, 0.05) is 38.4 Å². The van der Waals surface area contributed by atoms with Gasteiger partial charge >= 0.3 is 0 Å². The van der Waals surface area contributed by atoms with Crippen LogP contribution in [0.2, 0.25) is 10.0 Å². The van der Waals surface area contributed by atoms with Gasteiger partial charge in [0.25, 0.3) is 0 Å². The van der Waals surface area contributed by atoms with Crippen molar-refractivity contribution in [2.75, 3.05) is 4.90 Å². The van der Waals surface area contributed by atoms with Crippen molar-refractivity contribution in [1.82, 2.24) is 0 Å². The molecule has 1 aliphatic heterocycles. The average molecular weight is 575 g/mol. The van der Waals surface area contributed by atoms with Crippen LogP contribution in [0.25, 0.3) is 0 Å². The van der Waals surface area contributed by atoms with Gasteiger partial charge in [0.1, 0.15) is 5.82 Å². The van der Waals surface area contributed by atoms with Gasteiger partial charge in [-0.3, -0.25) is 9.69 Å². The number of anilines is 1. The van der Waals surface area contributed by atoms with Crippen LogP contribution in [-0.4, -0.2) is 5.78 Å². The van der Waals surface area contributed by atoms with Gasteiger partial charge in [-0.1, -0.05) is 47.0 Å². The Labute approximate surface area is 244 Å². The molecule has 39 heavy (non-hydrogen) atoms. The molecule has 3 aromatic rings. The zero-order valence-electron chi connectivity index (χ0n) is 22.1. The fourth-order valence-corrected chi connectivity index (χ4v) is 6.86. The number of ketones is 1. The largest absolute Gasteiger partial charge is 0.384 e. The molecule has 4 nitrogen and oxygen atoms in total. The van der Waals surface area contributed by atoms with Gasteiger partial charge in [0.15, 0.2) is 5.78 Å². The summed E-state index contributed by atoms with van der Waals surface area (Å²) in [6, 6.07) is 20.1. The monoisotopic (exact) mass is 573 g/mol. The van der Waals surface area contributed by atoms with E-state index in [-0.39, 0.29) is 5.78 Å². The molecule has 2 aliphatic rings. The number of benzene rings is 3. The molecule has 1 heterocycles. The first-order valence-electron chi connectivity index (χ1n) is 12.9. The van der Waals surface area contributed by atoms with Crippen molar-refractivity contribution in [2.45, 2.75) is 56.6 Å². The predicted molar refractivity (Wildman–Crippen MR) is 161 cm³/mol. The van der Waals surface area contributed by atoms with Gasteiger partial charge in [-0.25, -0.2) is 0 Å². The number of Topliss-reactive ketones (excluding diaryl/α,β-unsaturated/α-hetero) is 1. The van der Waals surface area contributed by atoms with Gasteiger partial charge in [-0.05, 0) is 92.3 Å². The molecule has 198 valence electrons. The minimum absolute atomic E-state index is 0.0733. The third kappa shape index (κ3) is 5.10. The van der Waals surface area contributed by atoms with Crippen molar-refractivity contribution >= 4 is 46.4 Å². The molecule has 0 fully saturated rings. The van der Waals surface area contributed by atoms with Crippen LogP contribution in [0.15, 0.2) is 82.2 Å². The molecular formula is C32H29Cl2N3OS. The molecule has 0 spiro atoms. The Kier molecular flexibility index (Phi) is 7.82. The Bertz CT molecular complexity index is 1580. The molecular weight excluding hydrogens is 545 g/mol. The first kappa shape index (κ1) is 27.4. The van der Waals surface area contributed by atoms with Crippen LogP contribution < -0.4 is 10.6 Å². The molecule has 0 radical (unpaired) electrons. The first-order chi connectivity index (χ1) is 18.7. The molecule has 5 rings (SSSR count). The standard InChI is InChI=1S/C32H29Cl2N3OS/c1-18-14-21(17-39-23-12-10-22(33)11-13-23)19(2)24(15-18)30-25(16-35)32(36)37(27-7-4-6-26(34)20(27)3)28-8-5-9-29(38)31(28)30/h4,6-7,10-15,30H,5,8-9,17,36H2,1-3H3. The van der Waals surface area contributed by atoms with Crippen molar-refractivity contribution in [3.63, 3.8) is 0 Å². The lowest BCUT2D eigenvalue weighted by atomic mass is 9.73. The van der Waals surface area contributed by atoms with Crippen molar-refractivity contribution in [2.24, 2.45) is 5.73 Å². The summed E-state index contributed by atoms with van der Waals surface area (Å²) in [5.41, 5.74) is 14.7. The van der Waals surface area contributed by atoms with Crippen molar-refractivity contribution in [3.8, 4) is 6.07 Å². The van der Waals surface area contributed by atoms with Crippen LogP contribution in [0.4, 0.5) is 5.69 Å². The predicted octanol–water partition coefficient (Wildman–Crippen LogP) is 8.52. The third-order valence-corrected chi connectivity index (χ3v) is 9.33. The molecule has 7 heteroatoms. The summed E-state index contributed by atoms with van der Waals surface area (Å²) in [4.78, 5) is 16.7. The normalized spacial score (nSPS) is 17.4. The molecule has 0 aromatic heterocycles. The lowest BCUT2D eigenvalue weighted by Gasteiger charge is -2.40. The van der Waals surface area contributed by atoms with Crippen LogP contribution in [0.1, 0.15) is 53.0 Å². The van der Waals surface area contributed by atoms with E-state index in [4.69, 9.17) is 28.9 Å². The van der Waals surface area contributed by atoms with E-state index in [9.17, 15) is 10.1 Å². The minimum atomic E-state index is -0.507. The van der Waals surface area contributed by atoms with Crippen molar-refractivity contribution in [1.29, 1.82) is 5.26 Å². The highest BCUT2D eigenvalue weighted by molar-refractivity contribution is 7.98. The summed E-state index contributed by atoms with van der Waals surface area (Å²) < 4.78 is 0. The summed E-state index contributed by atoms with van der Waals surface area (Å²) in [6.45, 7) is 6.07. The molecule has 0 saturated heterocycles. The Morgan fingerprint density at radius 2 is 1.79 bits per heavy atom. The number of nitriles is 1. The number of rotatable bonds is 5. The topological polar surface area (TPSA) is 70.1 Å². The van der Waals surface area contributed by atoms with Gasteiger partial charge in [0.05, 0.1) is 23.2 Å². The van der Waals surface area contributed by atoms with Crippen LogP contribution in [-0.2, 0) is 10.5 Å². The molecule has 0 amide bonds. The molecule has 2 N–H and O–H groups in total. The Morgan fingerprint density at radius 3 is 2.51 bits per heavy atom. The summed E-state index contributed by atoms with van der Waals surface area (Å²) in [6.07, 6.45) is 1.90. The SMILES string of the molecule is Cc1cc(CSc2ccc(Cl)cc2)c(C)c(C2C(C#N)=C(N)N(c3cccc(Cl)c3C)C3=C2C(=O)CCC3)c1. The Hall–Kier alpha value is -3.17. The number of nitrogens with two attached hydrogens (primary N) is 1. The van der Waals surface area contributed by atoms with Gasteiger partial charge in [-0.2, -0.15) is 5.26 Å². The van der Waals surface area contributed by atoms with Crippen LogP contribution >= 0.6 is 35.0 Å². The number of hydrogen-bond donors (Lipinski definition) is 1. The van der Waals surface area contributed by atoms with Crippen LogP contribution in [0, 0.1) is 32.1 Å². The highest BCUT2D eigenvalue weighted by Gasteiger charge is 2.41. The zero-order chi connectivity index (χ0) is 27.8. The number of carbonyl (C=O) groups is 1. The molecule has 3 aromatic carbocycles. The maximum Gasteiger partial charge on any atom is 0.161 e. The lowest BCUT2D eigenvalue weighted by molar-refractivity contribution is -0.116. The summed E-state index contributed by atoms with van der Waals surface area (Å²) in [7, 11) is 0. The second-order valence-corrected chi connectivity index (χ2v) is 12.0. The smallest absolute Gasteiger partial charge is 0.161 e. The molecule has 1 aliphatic carbocycles. The first-order valence-corrected chi connectivity index (χ1v) is 14.6. The molecule has 1 unspecified atom stereocenters. The maximum absolute atomic E-state index is 13.6. The van der Waals surface area contributed by atoms with E-state index in [1.807, 2.05) is 54.3 Å². The Morgan fingerprint density at radius 1 is 1.05 bits per heavy atom. The fourth-order valence-electron chi connectivity index (χ4n) is 5.62. The lowest BCUT2D eigenvalue weighted by Crippen LogP contribution is -2.39. The summed E-state index contributed by atoms with van der Waals surface area (Å²) in [5.74, 6) is 0.681. The zero-order valence-corrected chi connectivity index (χ0v) is 24.5. The van der Waals surface area contributed by atoms with Crippen LogP contribution in [0.3, 0.4) is 0 Å². The second-order valence-electron chi connectivity index (χ2n) is 10.1. The average Bonchev–Trinajstić information content (AvgIpc) is 2.91.